The summed E-state index contributed by atoms with van der Waals surface area (Å²) in [7, 11) is 0. The predicted molar refractivity (Wildman–Crippen MR) is 127 cm³/mol. The number of hydrogen-bond donors (Lipinski definition) is 2. The molecule has 0 aliphatic heterocycles. The molecule has 2 aromatic carbocycles. The Kier molecular flexibility index (Phi) is 3.78. The SMILES string of the molecule is Nc1nc(NC23CC4CC(CC(C4)C2)C3)c2nc(-c3cccc4ccccc34)cnc2n1. The van der Waals surface area contributed by atoms with Crippen molar-refractivity contribution >= 4 is 33.7 Å². The first-order valence-electron chi connectivity index (χ1n) is 11.7. The number of nitrogens with two attached hydrogens (primary N) is 1. The third-order valence-corrected chi connectivity index (χ3v) is 7.91. The van der Waals surface area contributed by atoms with Gasteiger partial charge in [-0.3, -0.25) is 0 Å². The minimum atomic E-state index is 0.111. The number of nitrogen functional groups attached to an aromatic ring is 1. The van der Waals surface area contributed by atoms with Crippen LogP contribution in [-0.4, -0.2) is 25.5 Å². The molecule has 0 spiro atoms. The third-order valence-electron chi connectivity index (χ3n) is 7.91. The van der Waals surface area contributed by atoms with Gasteiger partial charge in [0.15, 0.2) is 17.0 Å². The van der Waals surface area contributed by atoms with Crippen molar-refractivity contribution in [1.29, 1.82) is 0 Å². The molecule has 4 aliphatic carbocycles. The van der Waals surface area contributed by atoms with E-state index < -0.39 is 0 Å². The molecule has 4 bridgehead atoms. The Bertz CT molecular complexity index is 1320. The number of nitrogens with zero attached hydrogens (tertiary/aromatic N) is 4. The molecule has 6 heteroatoms. The highest BCUT2D eigenvalue weighted by molar-refractivity contribution is 5.96. The summed E-state index contributed by atoms with van der Waals surface area (Å²) in [5.74, 6) is 3.52. The van der Waals surface area contributed by atoms with Gasteiger partial charge in [-0.15, -0.1) is 0 Å². The quantitative estimate of drug-likeness (QED) is 0.471. The topological polar surface area (TPSA) is 89.6 Å². The summed E-state index contributed by atoms with van der Waals surface area (Å²) < 4.78 is 0. The molecule has 4 aliphatic rings. The van der Waals surface area contributed by atoms with Gasteiger partial charge >= 0.3 is 0 Å². The Balaban J connectivity index is 1.35. The number of fused-ring (bicyclic) bond motifs is 2. The molecule has 3 N–H and O–H groups in total. The average Bonchev–Trinajstić information content (AvgIpc) is 2.77. The summed E-state index contributed by atoms with van der Waals surface area (Å²) in [4.78, 5) is 18.7. The Morgan fingerprint density at radius 2 is 1.56 bits per heavy atom. The first-order valence-corrected chi connectivity index (χ1v) is 11.7. The molecule has 32 heavy (non-hydrogen) atoms. The van der Waals surface area contributed by atoms with Gasteiger partial charge < -0.3 is 11.1 Å². The van der Waals surface area contributed by atoms with Gasteiger partial charge in [-0.2, -0.15) is 9.97 Å². The van der Waals surface area contributed by atoms with Gasteiger partial charge in [0.2, 0.25) is 5.95 Å². The molecule has 0 radical (unpaired) electrons. The van der Waals surface area contributed by atoms with Crippen LogP contribution >= 0.6 is 0 Å². The number of hydrogen-bond acceptors (Lipinski definition) is 6. The molecule has 4 fully saturated rings. The zero-order valence-corrected chi connectivity index (χ0v) is 18.0. The van der Waals surface area contributed by atoms with Crippen LogP contribution in [-0.2, 0) is 0 Å². The van der Waals surface area contributed by atoms with Crippen molar-refractivity contribution < 1.29 is 0 Å². The highest BCUT2D eigenvalue weighted by atomic mass is 15.2. The van der Waals surface area contributed by atoms with E-state index in [9.17, 15) is 0 Å². The summed E-state index contributed by atoms with van der Waals surface area (Å²) in [5, 5.41) is 6.20. The van der Waals surface area contributed by atoms with Gasteiger partial charge in [-0.1, -0.05) is 42.5 Å². The highest BCUT2D eigenvalue weighted by Gasteiger charge is 2.51. The van der Waals surface area contributed by atoms with E-state index in [1.807, 2.05) is 0 Å². The van der Waals surface area contributed by atoms with Crippen molar-refractivity contribution in [3.63, 3.8) is 0 Å². The maximum atomic E-state index is 6.09. The second kappa shape index (κ2) is 6.61. The summed E-state index contributed by atoms with van der Waals surface area (Å²) >= 11 is 0. The van der Waals surface area contributed by atoms with Crippen molar-refractivity contribution in [2.45, 2.75) is 44.1 Å². The molecule has 0 saturated heterocycles. The van der Waals surface area contributed by atoms with Crippen molar-refractivity contribution in [1.82, 2.24) is 19.9 Å². The van der Waals surface area contributed by atoms with Gasteiger partial charge in [-0.25, -0.2) is 9.97 Å². The lowest BCUT2D eigenvalue weighted by atomic mass is 9.53. The van der Waals surface area contributed by atoms with Gasteiger partial charge in [0.25, 0.3) is 0 Å². The number of aromatic nitrogens is 4. The van der Waals surface area contributed by atoms with Crippen LogP contribution in [0.3, 0.4) is 0 Å². The molecule has 160 valence electrons. The molecule has 6 nitrogen and oxygen atoms in total. The largest absolute Gasteiger partial charge is 0.368 e. The van der Waals surface area contributed by atoms with Crippen LogP contribution in [0.25, 0.3) is 33.2 Å². The van der Waals surface area contributed by atoms with Crippen LogP contribution in [0.2, 0.25) is 0 Å². The second-order valence-electron chi connectivity index (χ2n) is 10.2. The molecule has 2 heterocycles. The monoisotopic (exact) mass is 422 g/mol. The smallest absolute Gasteiger partial charge is 0.224 e. The van der Waals surface area contributed by atoms with E-state index in [1.165, 1.54) is 43.9 Å². The molecular formula is C26H26N6. The standard InChI is InChI=1S/C26H26N6/c27-25-30-23-22(24(31-25)32-26-11-15-8-16(12-26)10-17(9-15)13-26)29-21(14-28-23)20-7-3-5-18-4-1-2-6-19(18)20/h1-7,14-17H,8-13H2,(H3,27,28,30,31,32). The molecule has 2 aromatic heterocycles. The number of anilines is 2. The summed E-state index contributed by atoms with van der Waals surface area (Å²) in [5.41, 5.74) is 9.35. The zero-order valence-electron chi connectivity index (χ0n) is 18.0. The third kappa shape index (κ3) is 2.85. The van der Waals surface area contributed by atoms with Gasteiger partial charge in [-0.05, 0) is 67.1 Å². The van der Waals surface area contributed by atoms with Crippen molar-refractivity contribution in [2.75, 3.05) is 11.1 Å². The van der Waals surface area contributed by atoms with Crippen molar-refractivity contribution in [3.8, 4) is 11.3 Å². The lowest BCUT2D eigenvalue weighted by Crippen LogP contribution is -2.55. The molecule has 4 saturated carbocycles. The van der Waals surface area contributed by atoms with E-state index in [0.717, 1.165) is 40.2 Å². The Labute approximate surface area is 186 Å². The molecule has 8 rings (SSSR count). The van der Waals surface area contributed by atoms with E-state index >= 15 is 0 Å². The minimum absolute atomic E-state index is 0.111. The lowest BCUT2D eigenvalue weighted by Gasteiger charge is -2.57. The van der Waals surface area contributed by atoms with Crippen LogP contribution in [0.5, 0.6) is 0 Å². The zero-order chi connectivity index (χ0) is 21.3. The normalized spacial score (nSPS) is 28.4. The van der Waals surface area contributed by atoms with E-state index in [-0.39, 0.29) is 11.5 Å². The van der Waals surface area contributed by atoms with E-state index in [0.29, 0.717) is 11.2 Å². The molecule has 0 unspecified atom stereocenters. The minimum Gasteiger partial charge on any atom is -0.368 e. The van der Waals surface area contributed by atoms with Crippen molar-refractivity contribution in [2.24, 2.45) is 17.8 Å². The van der Waals surface area contributed by atoms with E-state index in [4.69, 9.17) is 10.7 Å². The second-order valence-corrected chi connectivity index (χ2v) is 10.2. The predicted octanol–water partition coefficient (Wildman–Crippen LogP) is 5.20. The first kappa shape index (κ1) is 18.3. The van der Waals surface area contributed by atoms with E-state index in [2.05, 4.69) is 62.7 Å². The Morgan fingerprint density at radius 1 is 0.844 bits per heavy atom. The molecule has 0 atom stereocenters. The van der Waals surface area contributed by atoms with Crippen LogP contribution in [0.4, 0.5) is 11.8 Å². The fourth-order valence-corrected chi connectivity index (χ4v) is 7.11. The van der Waals surface area contributed by atoms with Crippen molar-refractivity contribution in [3.05, 3.63) is 48.7 Å². The summed E-state index contributed by atoms with van der Waals surface area (Å²) in [6.45, 7) is 0. The molecular weight excluding hydrogens is 396 g/mol. The highest BCUT2D eigenvalue weighted by Crippen LogP contribution is 2.56. The van der Waals surface area contributed by atoms with Gasteiger partial charge in [0.05, 0.1) is 11.9 Å². The van der Waals surface area contributed by atoms with Crippen LogP contribution in [0.1, 0.15) is 38.5 Å². The van der Waals surface area contributed by atoms with Gasteiger partial charge in [0, 0.05) is 11.1 Å². The Morgan fingerprint density at radius 3 is 2.34 bits per heavy atom. The maximum Gasteiger partial charge on any atom is 0.224 e. The maximum absolute atomic E-state index is 6.09. The summed E-state index contributed by atoms with van der Waals surface area (Å²) in [6, 6.07) is 14.7. The van der Waals surface area contributed by atoms with Gasteiger partial charge in [0.1, 0.15) is 0 Å². The van der Waals surface area contributed by atoms with Crippen LogP contribution < -0.4 is 11.1 Å². The fraction of sp³-hybridized carbons (Fsp3) is 0.385. The summed E-state index contributed by atoms with van der Waals surface area (Å²) in [6.07, 6.45) is 9.67. The number of benzene rings is 2. The van der Waals surface area contributed by atoms with E-state index in [1.54, 1.807) is 6.20 Å². The fourth-order valence-electron chi connectivity index (χ4n) is 7.11. The first-order chi connectivity index (χ1) is 15.6. The number of nitrogens with one attached hydrogen (secondary N) is 1. The van der Waals surface area contributed by atoms with Crippen LogP contribution in [0, 0.1) is 17.8 Å². The average molecular weight is 423 g/mol. The van der Waals surface area contributed by atoms with Crippen LogP contribution in [0.15, 0.2) is 48.7 Å². The number of rotatable bonds is 3. The molecule has 0 amide bonds. The lowest BCUT2D eigenvalue weighted by molar-refractivity contribution is 0.0106. The molecule has 4 aromatic rings. The Hall–Kier alpha value is -3.28.